The maximum Gasteiger partial charge on any atom is 0.389 e. The summed E-state index contributed by atoms with van der Waals surface area (Å²) in [7, 11) is 0. The lowest BCUT2D eigenvalue weighted by molar-refractivity contribution is -0.137. The Kier molecular flexibility index (Phi) is 5.25. The van der Waals surface area contributed by atoms with Crippen LogP contribution in [-0.4, -0.2) is 25.0 Å². The first-order valence-electron chi connectivity index (χ1n) is 5.76. The predicted octanol–water partition coefficient (Wildman–Crippen LogP) is 2.68. The molecule has 1 aliphatic heterocycles. The van der Waals surface area contributed by atoms with E-state index in [1.54, 1.807) is 0 Å². The Labute approximate surface area is 93.6 Å². The molecule has 1 heterocycles. The lowest BCUT2D eigenvalue weighted by Gasteiger charge is -2.08. The summed E-state index contributed by atoms with van der Waals surface area (Å²) in [5.41, 5.74) is 0. The van der Waals surface area contributed by atoms with E-state index in [0.29, 0.717) is 12.3 Å². The van der Waals surface area contributed by atoms with Crippen molar-refractivity contribution in [3.63, 3.8) is 0 Å². The van der Waals surface area contributed by atoms with Crippen molar-refractivity contribution in [2.45, 2.75) is 44.7 Å². The van der Waals surface area contributed by atoms with Crippen LogP contribution in [0.4, 0.5) is 13.2 Å². The summed E-state index contributed by atoms with van der Waals surface area (Å²) in [6.45, 7) is 1.93. The number of alkyl halides is 3. The Morgan fingerprint density at radius 1 is 1.31 bits per heavy atom. The van der Waals surface area contributed by atoms with Gasteiger partial charge in [-0.05, 0) is 38.3 Å². The van der Waals surface area contributed by atoms with Crippen LogP contribution in [0.1, 0.15) is 38.5 Å². The molecule has 0 bridgehead atoms. The van der Waals surface area contributed by atoms with Gasteiger partial charge < -0.3 is 5.32 Å². The van der Waals surface area contributed by atoms with Crippen LogP contribution in [-0.2, 0) is 4.79 Å². The average Bonchev–Trinajstić information content (AvgIpc) is 2.65. The van der Waals surface area contributed by atoms with Gasteiger partial charge in [-0.2, -0.15) is 13.2 Å². The van der Waals surface area contributed by atoms with Crippen molar-refractivity contribution in [1.29, 1.82) is 0 Å². The molecule has 1 N–H and O–H groups in total. The van der Waals surface area contributed by atoms with Crippen molar-refractivity contribution in [3.05, 3.63) is 0 Å². The standard InChI is InChI=1S/C11H18F3NO/c12-11(13,14)6-1-2-10(16)4-3-9-5-7-15-8-9/h9,15H,1-8H2. The van der Waals surface area contributed by atoms with Gasteiger partial charge in [0, 0.05) is 19.3 Å². The normalized spacial score (nSPS) is 21.3. The molecule has 0 aliphatic carbocycles. The molecule has 1 saturated heterocycles. The molecule has 0 spiro atoms. The van der Waals surface area contributed by atoms with Gasteiger partial charge in [0.2, 0.25) is 0 Å². The summed E-state index contributed by atoms with van der Waals surface area (Å²) in [5.74, 6) is 0.503. The maximum atomic E-state index is 11.8. The molecule has 0 radical (unpaired) electrons. The zero-order valence-corrected chi connectivity index (χ0v) is 9.28. The fourth-order valence-electron chi connectivity index (χ4n) is 1.94. The van der Waals surface area contributed by atoms with Gasteiger partial charge >= 0.3 is 6.18 Å². The van der Waals surface area contributed by atoms with Gasteiger partial charge in [0.15, 0.2) is 0 Å². The molecule has 1 fully saturated rings. The summed E-state index contributed by atoms with van der Waals surface area (Å²) in [6.07, 6.45) is -2.64. The molecule has 1 rings (SSSR count). The first kappa shape index (κ1) is 13.5. The molecular weight excluding hydrogens is 219 g/mol. The lowest BCUT2D eigenvalue weighted by atomic mass is 9.99. The second kappa shape index (κ2) is 6.23. The maximum absolute atomic E-state index is 11.8. The van der Waals surface area contributed by atoms with Gasteiger partial charge in [-0.15, -0.1) is 0 Å². The molecule has 1 unspecified atom stereocenters. The largest absolute Gasteiger partial charge is 0.389 e. The fourth-order valence-corrected chi connectivity index (χ4v) is 1.94. The number of carbonyl (C=O) groups excluding carboxylic acids is 1. The van der Waals surface area contributed by atoms with E-state index in [4.69, 9.17) is 0 Å². The van der Waals surface area contributed by atoms with Gasteiger partial charge in [0.1, 0.15) is 5.78 Å². The zero-order chi connectivity index (χ0) is 12.0. The van der Waals surface area contributed by atoms with Gasteiger partial charge in [-0.3, -0.25) is 4.79 Å². The van der Waals surface area contributed by atoms with Gasteiger partial charge in [-0.1, -0.05) is 0 Å². The highest BCUT2D eigenvalue weighted by molar-refractivity contribution is 5.78. The van der Waals surface area contributed by atoms with Gasteiger partial charge in [0.05, 0.1) is 0 Å². The monoisotopic (exact) mass is 237 g/mol. The van der Waals surface area contributed by atoms with Gasteiger partial charge in [0.25, 0.3) is 0 Å². The molecule has 5 heteroatoms. The topological polar surface area (TPSA) is 29.1 Å². The first-order chi connectivity index (χ1) is 7.47. The number of hydrogen-bond acceptors (Lipinski definition) is 2. The molecule has 94 valence electrons. The van der Waals surface area contributed by atoms with Crippen LogP contribution in [0, 0.1) is 5.92 Å². The smallest absolute Gasteiger partial charge is 0.316 e. The number of rotatable bonds is 6. The summed E-state index contributed by atoms with van der Waals surface area (Å²) in [5, 5.41) is 3.20. The Morgan fingerprint density at radius 2 is 2.06 bits per heavy atom. The molecule has 1 aliphatic rings. The third-order valence-electron chi connectivity index (χ3n) is 2.91. The minimum atomic E-state index is -4.13. The van der Waals surface area contributed by atoms with Crippen LogP contribution < -0.4 is 5.32 Å². The number of ketones is 1. The van der Waals surface area contributed by atoms with Crippen molar-refractivity contribution in [2.24, 2.45) is 5.92 Å². The van der Waals surface area contributed by atoms with Crippen LogP contribution in [0.15, 0.2) is 0 Å². The number of carbonyl (C=O) groups is 1. The summed E-state index contributed by atoms with van der Waals surface area (Å²) < 4.78 is 35.5. The Balaban J connectivity index is 2.02. The minimum absolute atomic E-state index is 0.0313. The number of nitrogens with one attached hydrogen (secondary N) is 1. The molecule has 0 aromatic heterocycles. The fraction of sp³-hybridized carbons (Fsp3) is 0.909. The first-order valence-corrected chi connectivity index (χ1v) is 5.76. The highest BCUT2D eigenvalue weighted by Gasteiger charge is 2.26. The molecule has 16 heavy (non-hydrogen) atoms. The van der Waals surface area contributed by atoms with E-state index in [1.165, 1.54) is 0 Å². The van der Waals surface area contributed by atoms with Crippen LogP contribution >= 0.6 is 0 Å². The molecule has 0 aromatic rings. The zero-order valence-electron chi connectivity index (χ0n) is 9.28. The van der Waals surface area contributed by atoms with Crippen molar-refractivity contribution in [1.82, 2.24) is 5.32 Å². The number of halogens is 3. The average molecular weight is 237 g/mol. The predicted molar refractivity (Wildman–Crippen MR) is 55.1 cm³/mol. The van der Waals surface area contributed by atoms with E-state index in [1.807, 2.05) is 0 Å². The highest BCUT2D eigenvalue weighted by atomic mass is 19.4. The molecule has 0 amide bonds. The van der Waals surface area contributed by atoms with E-state index in [9.17, 15) is 18.0 Å². The molecule has 0 aromatic carbocycles. The van der Waals surface area contributed by atoms with E-state index in [0.717, 1.165) is 25.9 Å². The van der Waals surface area contributed by atoms with Crippen LogP contribution in [0.5, 0.6) is 0 Å². The van der Waals surface area contributed by atoms with E-state index in [2.05, 4.69) is 5.32 Å². The summed E-state index contributed by atoms with van der Waals surface area (Å²) >= 11 is 0. The SMILES string of the molecule is O=C(CCCC(F)(F)F)CCC1CCNC1. The molecule has 2 nitrogen and oxygen atoms in total. The minimum Gasteiger partial charge on any atom is -0.316 e. The second-order valence-electron chi connectivity index (χ2n) is 4.40. The van der Waals surface area contributed by atoms with E-state index in [-0.39, 0.29) is 18.6 Å². The molecular formula is C11H18F3NO. The third-order valence-corrected chi connectivity index (χ3v) is 2.91. The molecule has 0 saturated carbocycles. The Bertz CT molecular complexity index is 222. The van der Waals surface area contributed by atoms with Crippen LogP contribution in [0.3, 0.4) is 0 Å². The summed E-state index contributed by atoms with van der Waals surface area (Å²) in [6, 6.07) is 0. The quantitative estimate of drug-likeness (QED) is 0.769. The Hall–Kier alpha value is -0.580. The van der Waals surface area contributed by atoms with Gasteiger partial charge in [-0.25, -0.2) is 0 Å². The van der Waals surface area contributed by atoms with Crippen molar-refractivity contribution >= 4 is 5.78 Å². The third kappa shape index (κ3) is 6.10. The molecule has 1 atom stereocenters. The number of hydrogen-bond donors (Lipinski definition) is 1. The van der Waals surface area contributed by atoms with Crippen molar-refractivity contribution in [3.8, 4) is 0 Å². The van der Waals surface area contributed by atoms with E-state index < -0.39 is 12.6 Å². The van der Waals surface area contributed by atoms with Crippen LogP contribution in [0.25, 0.3) is 0 Å². The lowest BCUT2D eigenvalue weighted by Crippen LogP contribution is -2.11. The number of Topliss-reactive ketones (excluding diaryl/α,β-unsaturated/α-hetero) is 1. The second-order valence-corrected chi connectivity index (χ2v) is 4.40. The van der Waals surface area contributed by atoms with E-state index >= 15 is 0 Å². The summed E-state index contributed by atoms with van der Waals surface area (Å²) in [4.78, 5) is 11.3. The highest BCUT2D eigenvalue weighted by Crippen LogP contribution is 2.23. The Morgan fingerprint density at radius 3 is 2.62 bits per heavy atom. The van der Waals surface area contributed by atoms with Crippen molar-refractivity contribution in [2.75, 3.05) is 13.1 Å². The van der Waals surface area contributed by atoms with Crippen molar-refractivity contribution < 1.29 is 18.0 Å². The van der Waals surface area contributed by atoms with Crippen LogP contribution in [0.2, 0.25) is 0 Å².